The first kappa shape index (κ1) is 32.8. The summed E-state index contributed by atoms with van der Waals surface area (Å²) in [5, 5.41) is 12.5. The molecule has 0 saturated heterocycles. The molecule has 3 heterocycles. The van der Waals surface area contributed by atoms with Crippen molar-refractivity contribution >= 4 is 94.4 Å². The normalized spacial score (nSPS) is 12.1. The molecule has 3 nitrogen and oxygen atoms in total. The fourth-order valence-corrected chi connectivity index (χ4v) is 14.5. The van der Waals surface area contributed by atoms with Gasteiger partial charge < -0.3 is 13.6 Å². The lowest BCUT2D eigenvalue weighted by Gasteiger charge is -2.34. The Labute approximate surface area is 336 Å². The average molecular weight is 757 g/mol. The second-order valence-electron chi connectivity index (χ2n) is 15.3. The van der Waals surface area contributed by atoms with Gasteiger partial charge in [0.15, 0.2) is 8.07 Å². The van der Waals surface area contributed by atoms with E-state index in [0.717, 1.165) is 33.3 Å². The van der Waals surface area contributed by atoms with E-state index in [2.05, 4.69) is 221 Å². The quantitative estimate of drug-likeness (QED) is 0.122. The summed E-state index contributed by atoms with van der Waals surface area (Å²) in [6, 6.07) is 80.3. The molecule has 0 saturated carbocycles. The van der Waals surface area contributed by atoms with E-state index < -0.39 is 8.07 Å². The molecule has 9 aromatic carbocycles. The molecule has 272 valence electrons. The monoisotopic (exact) mass is 756 g/mol. The largest absolute Gasteiger partial charge is 0.456 e. The third-order valence-electron chi connectivity index (χ3n) is 12.3. The van der Waals surface area contributed by atoms with Gasteiger partial charge in [-0.25, -0.2) is 0 Å². The van der Waals surface area contributed by atoms with E-state index in [0.29, 0.717) is 0 Å². The molecule has 0 unspecified atom stereocenters. The Kier molecular flexibility index (Phi) is 7.25. The summed E-state index contributed by atoms with van der Waals surface area (Å²) in [4.78, 5) is 0. The van der Waals surface area contributed by atoms with Gasteiger partial charge in [0.05, 0.1) is 22.1 Å². The van der Waals surface area contributed by atoms with E-state index in [9.17, 15) is 0 Å². The highest BCUT2D eigenvalue weighted by Gasteiger charge is 2.42. The highest BCUT2D eigenvalue weighted by Crippen LogP contribution is 2.37. The summed E-state index contributed by atoms with van der Waals surface area (Å²) in [7, 11) is -2.95. The predicted octanol–water partition coefficient (Wildman–Crippen LogP) is 11.2. The number of fused-ring (bicyclic) bond motifs is 9. The van der Waals surface area contributed by atoms with Crippen molar-refractivity contribution in [2.75, 3.05) is 0 Å². The average Bonchev–Trinajstić information content (AvgIpc) is 3.95. The molecule has 0 fully saturated rings. The Balaban J connectivity index is 1.16. The van der Waals surface area contributed by atoms with Crippen molar-refractivity contribution in [1.29, 1.82) is 0 Å². The second kappa shape index (κ2) is 12.8. The summed E-state index contributed by atoms with van der Waals surface area (Å²) in [6.07, 6.45) is 0. The van der Waals surface area contributed by atoms with Crippen molar-refractivity contribution in [1.82, 2.24) is 9.13 Å². The summed E-state index contributed by atoms with van der Waals surface area (Å²) in [5.41, 5.74) is 8.91. The van der Waals surface area contributed by atoms with Gasteiger partial charge in [-0.15, -0.1) is 0 Å². The van der Waals surface area contributed by atoms with Crippen LogP contribution in [-0.2, 0) is 0 Å². The maximum Gasteiger partial charge on any atom is 0.179 e. The molecule has 0 aliphatic heterocycles. The van der Waals surface area contributed by atoms with Gasteiger partial charge in [0, 0.05) is 43.7 Å². The molecule has 12 rings (SSSR count). The van der Waals surface area contributed by atoms with Crippen LogP contribution >= 0.6 is 0 Å². The minimum absolute atomic E-state index is 0.913. The van der Waals surface area contributed by atoms with Gasteiger partial charge in [0.25, 0.3) is 0 Å². The molecule has 12 aromatic rings. The van der Waals surface area contributed by atoms with Crippen LogP contribution in [0.15, 0.2) is 223 Å². The zero-order valence-corrected chi connectivity index (χ0v) is 32.6. The van der Waals surface area contributed by atoms with Crippen LogP contribution in [0.3, 0.4) is 0 Å². The van der Waals surface area contributed by atoms with Crippen LogP contribution in [0.5, 0.6) is 0 Å². The van der Waals surface area contributed by atoms with Crippen LogP contribution in [0, 0.1) is 0 Å². The molecule has 3 aromatic heterocycles. The first-order chi connectivity index (χ1) is 28.8. The van der Waals surface area contributed by atoms with E-state index in [1.54, 1.807) is 0 Å². The minimum atomic E-state index is -2.95. The SMILES string of the molecule is c1ccc(-n2c3ccccc3c3cc(-n4c5ccccc5c5ccc([Si](c6ccccc6)(c6ccccc6)c6ccc7c(c6)oc6ccccc67)cc54)ccc32)cc1. The van der Waals surface area contributed by atoms with Crippen LogP contribution in [-0.4, -0.2) is 17.2 Å². The maximum absolute atomic E-state index is 6.59. The molecule has 0 bridgehead atoms. The number of benzene rings is 9. The molecule has 0 radical (unpaired) electrons. The molecule has 0 spiro atoms. The Hall–Kier alpha value is -7.40. The first-order valence-electron chi connectivity index (χ1n) is 19.9. The molecule has 0 amide bonds. The molecule has 58 heavy (non-hydrogen) atoms. The van der Waals surface area contributed by atoms with Crippen molar-refractivity contribution in [2.24, 2.45) is 0 Å². The van der Waals surface area contributed by atoms with Crippen LogP contribution in [0.1, 0.15) is 0 Å². The number of furan rings is 1. The van der Waals surface area contributed by atoms with Crippen molar-refractivity contribution < 1.29 is 4.42 Å². The summed E-state index contributed by atoms with van der Waals surface area (Å²) >= 11 is 0. The van der Waals surface area contributed by atoms with Crippen molar-refractivity contribution in [3.05, 3.63) is 218 Å². The van der Waals surface area contributed by atoms with Crippen molar-refractivity contribution in [3.63, 3.8) is 0 Å². The third kappa shape index (κ3) is 4.73. The number of nitrogens with zero attached hydrogens (tertiary/aromatic N) is 2. The van der Waals surface area contributed by atoms with E-state index in [1.165, 1.54) is 64.4 Å². The fraction of sp³-hybridized carbons (Fsp3) is 0. The number of hydrogen-bond acceptors (Lipinski definition) is 1. The summed E-state index contributed by atoms with van der Waals surface area (Å²) < 4.78 is 11.5. The molecule has 0 atom stereocenters. The van der Waals surface area contributed by atoms with Crippen molar-refractivity contribution in [2.45, 2.75) is 0 Å². The molecular weight excluding hydrogens is 721 g/mol. The smallest absolute Gasteiger partial charge is 0.179 e. The maximum atomic E-state index is 6.59. The van der Waals surface area contributed by atoms with Crippen LogP contribution in [0.2, 0.25) is 0 Å². The van der Waals surface area contributed by atoms with Gasteiger partial charge in [-0.1, -0.05) is 158 Å². The molecule has 0 N–H and O–H groups in total. The summed E-state index contributed by atoms with van der Waals surface area (Å²) in [6.45, 7) is 0. The van der Waals surface area contributed by atoms with E-state index in [-0.39, 0.29) is 0 Å². The van der Waals surface area contributed by atoms with Gasteiger partial charge >= 0.3 is 0 Å². The van der Waals surface area contributed by atoms with E-state index in [1.807, 2.05) is 6.07 Å². The lowest BCUT2D eigenvalue weighted by molar-refractivity contribution is 0.669. The topological polar surface area (TPSA) is 23.0 Å². The zero-order valence-electron chi connectivity index (χ0n) is 31.6. The molecular formula is C54H36N2OSi. The minimum Gasteiger partial charge on any atom is -0.456 e. The molecule has 4 heteroatoms. The third-order valence-corrected chi connectivity index (χ3v) is 17.0. The number of para-hydroxylation sites is 4. The molecule has 0 aliphatic rings. The second-order valence-corrected chi connectivity index (χ2v) is 19.1. The standard InChI is InChI=1S/C54H36N2OSi/c1-4-16-37(17-5-1)55-50-26-14-11-23-44(50)48-34-38(28-33-51(48)55)56-49-25-13-10-22-43(49)45-31-29-41(35-52(45)56)58(39-18-6-2-7-19-39,40-20-8-3-9-21-40)42-30-32-47-46-24-12-15-27-53(46)57-54(47)36-42/h1-36H. The first-order valence-corrected chi connectivity index (χ1v) is 21.9. The highest BCUT2D eigenvalue weighted by molar-refractivity contribution is 7.20. The van der Waals surface area contributed by atoms with Gasteiger partial charge in [0.2, 0.25) is 0 Å². The zero-order chi connectivity index (χ0) is 38.2. The highest BCUT2D eigenvalue weighted by atomic mass is 28.3. The van der Waals surface area contributed by atoms with Crippen LogP contribution in [0.4, 0.5) is 0 Å². The van der Waals surface area contributed by atoms with Crippen LogP contribution < -0.4 is 20.7 Å². The van der Waals surface area contributed by atoms with Gasteiger partial charge in [-0.3, -0.25) is 0 Å². The Bertz CT molecular complexity index is 3470. The Morgan fingerprint density at radius 2 is 0.759 bits per heavy atom. The predicted molar refractivity (Wildman–Crippen MR) is 246 cm³/mol. The summed E-state index contributed by atoms with van der Waals surface area (Å²) in [5.74, 6) is 0. The lowest BCUT2D eigenvalue weighted by atomic mass is 10.1. The van der Waals surface area contributed by atoms with Crippen molar-refractivity contribution in [3.8, 4) is 11.4 Å². The number of aromatic nitrogens is 2. The van der Waals surface area contributed by atoms with E-state index >= 15 is 0 Å². The number of hydrogen-bond donors (Lipinski definition) is 0. The van der Waals surface area contributed by atoms with E-state index in [4.69, 9.17) is 4.42 Å². The number of rotatable bonds is 6. The Morgan fingerprint density at radius 3 is 1.45 bits per heavy atom. The van der Waals surface area contributed by atoms with Crippen LogP contribution in [0.25, 0.3) is 76.9 Å². The molecule has 0 aliphatic carbocycles. The van der Waals surface area contributed by atoms with Gasteiger partial charge in [-0.2, -0.15) is 0 Å². The Morgan fingerprint density at radius 1 is 0.276 bits per heavy atom. The van der Waals surface area contributed by atoms with Gasteiger partial charge in [0.1, 0.15) is 11.2 Å². The van der Waals surface area contributed by atoms with Gasteiger partial charge in [-0.05, 0) is 81.4 Å². The lowest BCUT2D eigenvalue weighted by Crippen LogP contribution is -2.74. The fourth-order valence-electron chi connectivity index (χ4n) is 9.77.